The molecule has 1 N–H and O–H groups in total. The molecule has 2 heterocycles. The SMILES string of the molecule is O=C1C(=O)N(C2CCOCC2)C(c2ccc(C(F)(F)F)cc2)/C1=C(\O)c1cc(F)ccc1OCc1ccccc1. The maximum atomic E-state index is 14.4. The second-order valence-corrected chi connectivity index (χ2v) is 9.58. The fourth-order valence-corrected chi connectivity index (χ4v) is 5.07. The maximum Gasteiger partial charge on any atom is 0.416 e. The minimum absolute atomic E-state index is 0.0613. The first-order chi connectivity index (χ1) is 19.1. The number of aliphatic hydroxyl groups is 1. The number of nitrogens with zero attached hydrogens (tertiary/aromatic N) is 1. The van der Waals surface area contributed by atoms with E-state index in [1.54, 1.807) is 0 Å². The zero-order valence-corrected chi connectivity index (χ0v) is 21.2. The summed E-state index contributed by atoms with van der Waals surface area (Å²) < 4.78 is 65.4. The number of halogens is 4. The number of amides is 1. The van der Waals surface area contributed by atoms with Crippen molar-refractivity contribution in [2.45, 2.75) is 37.7 Å². The number of hydrogen-bond donors (Lipinski definition) is 1. The molecule has 0 spiro atoms. The summed E-state index contributed by atoms with van der Waals surface area (Å²) in [4.78, 5) is 28.0. The number of ketones is 1. The Hall–Kier alpha value is -4.18. The van der Waals surface area contributed by atoms with Crippen LogP contribution in [0.5, 0.6) is 5.75 Å². The Kier molecular flexibility index (Phi) is 7.62. The molecule has 40 heavy (non-hydrogen) atoms. The van der Waals surface area contributed by atoms with E-state index in [-0.39, 0.29) is 29.1 Å². The molecule has 10 heteroatoms. The molecule has 1 amide bonds. The molecule has 1 atom stereocenters. The normalized spacial score (nSPS) is 19.7. The van der Waals surface area contributed by atoms with Crippen molar-refractivity contribution in [3.8, 4) is 5.75 Å². The van der Waals surface area contributed by atoms with Gasteiger partial charge in [0.2, 0.25) is 0 Å². The highest BCUT2D eigenvalue weighted by Gasteiger charge is 2.49. The van der Waals surface area contributed by atoms with Crippen LogP contribution in [-0.4, -0.2) is 41.0 Å². The van der Waals surface area contributed by atoms with Crippen LogP contribution < -0.4 is 4.74 Å². The summed E-state index contributed by atoms with van der Waals surface area (Å²) in [6, 6.07) is 14.9. The number of carbonyl (C=O) groups excluding carboxylic acids is 2. The molecule has 0 saturated carbocycles. The van der Waals surface area contributed by atoms with Crippen LogP contribution in [0.1, 0.15) is 41.1 Å². The number of Topliss-reactive ketones (excluding diaryl/α,β-unsaturated/α-hetero) is 1. The molecular formula is C30H25F4NO5. The van der Waals surface area contributed by atoms with Gasteiger partial charge in [0.15, 0.2) is 0 Å². The Labute approximate surface area is 227 Å². The fraction of sp³-hybridized carbons (Fsp3) is 0.267. The monoisotopic (exact) mass is 555 g/mol. The number of benzene rings is 3. The van der Waals surface area contributed by atoms with Gasteiger partial charge in [-0.25, -0.2) is 4.39 Å². The highest BCUT2D eigenvalue weighted by molar-refractivity contribution is 6.46. The summed E-state index contributed by atoms with van der Waals surface area (Å²) in [5.41, 5.74) is -0.418. The van der Waals surface area contributed by atoms with Crippen molar-refractivity contribution in [2.24, 2.45) is 0 Å². The molecule has 208 valence electrons. The van der Waals surface area contributed by atoms with Crippen LogP contribution in [0.15, 0.2) is 78.4 Å². The first-order valence-electron chi connectivity index (χ1n) is 12.7. The van der Waals surface area contributed by atoms with Gasteiger partial charge >= 0.3 is 6.18 Å². The second kappa shape index (κ2) is 11.1. The van der Waals surface area contributed by atoms with E-state index in [1.807, 2.05) is 30.3 Å². The van der Waals surface area contributed by atoms with E-state index in [4.69, 9.17) is 9.47 Å². The van der Waals surface area contributed by atoms with Crippen molar-refractivity contribution in [3.63, 3.8) is 0 Å². The predicted molar refractivity (Wildman–Crippen MR) is 137 cm³/mol. The molecule has 6 nitrogen and oxygen atoms in total. The average molecular weight is 556 g/mol. The molecule has 3 aromatic carbocycles. The highest BCUT2D eigenvalue weighted by Crippen LogP contribution is 2.44. The summed E-state index contributed by atoms with van der Waals surface area (Å²) in [7, 11) is 0. The minimum atomic E-state index is -4.59. The first-order valence-corrected chi connectivity index (χ1v) is 12.7. The van der Waals surface area contributed by atoms with Gasteiger partial charge < -0.3 is 19.5 Å². The van der Waals surface area contributed by atoms with Gasteiger partial charge in [0.05, 0.1) is 22.7 Å². The Morgan fingerprint density at radius 3 is 2.30 bits per heavy atom. The van der Waals surface area contributed by atoms with Crippen molar-refractivity contribution < 1.29 is 41.7 Å². The predicted octanol–water partition coefficient (Wildman–Crippen LogP) is 6.02. The summed E-state index contributed by atoms with van der Waals surface area (Å²) in [6.07, 6.45) is -3.79. The van der Waals surface area contributed by atoms with Crippen molar-refractivity contribution in [1.29, 1.82) is 0 Å². The summed E-state index contributed by atoms with van der Waals surface area (Å²) in [5, 5.41) is 11.5. The van der Waals surface area contributed by atoms with E-state index in [1.165, 1.54) is 23.1 Å². The van der Waals surface area contributed by atoms with Crippen LogP contribution in [0.3, 0.4) is 0 Å². The van der Waals surface area contributed by atoms with E-state index in [0.717, 1.165) is 29.8 Å². The van der Waals surface area contributed by atoms with Crippen molar-refractivity contribution in [1.82, 2.24) is 4.90 Å². The van der Waals surface area contributed by atoms with Gasteiger partial charge in [-0.3, -0.25) is 9.59 Å². The lowest BCUT2D eigenvalue weighted by atomic mass is 9.93. The fourth-order valence-electron chi connectivity index (χ4n) is 5.07. The summed E-state index contributed by atoms with van der Waals surface area (Å²) in [5.74, 6) is -3.27. The number of likely N-dealkylation sites (tertiary alicyclic amines) is 1. The molecule has 0 aromatic heterocycles. The van der Waals surface area contributed by atoms with Crippen LogP contribution in [-0.2, 0) is 27.1 Å². The topological polar surface area (TPSA) is 76.1 Å². The molecule has 3 aromatic rings. The van der Waals surface area contributed by atoms with Crippen LogP contribution in [0, 0.1) is 5.82 Å². The molecule has 0 radical (unpaired) electrons. The van der Waals surface area contributed by atoms with Crippen molar-refractivity contribution in [2.75, 3.05) is 13.2 Å². The maximum absolute atomic E-state index is 14.4. The number of hydrogen-bond acceptors (Lipinski definition) is 5. The first kappa shape index (κ1) is 27.4. The van der Waals surface area contributed by atoms with E-state index in [0.29, 0.717) is 26.1 Å². The van der Waals surface area contributed by atoms with E-state index in [2.05, 4.69) is 0 Å². The van der Waals surface area contributed by atoms with E-state index >= 15 is 0 Å². The quantitative estimate of drug-likeness (QED) is 0.174. The van der Waals surface area contributed by atoms with Crippen LogP contribution in [0.25, 0.3) is 5.76 Å². The third-order valence-corrected chi connectivity index (χ3v) is 7.05. The minimum Gasteiger partial charge on any atom is -0.507 e. The number of aliphatic hydroxyl groups excluding tert-OH is 1. The molecule has 2 saturated heterocycles. The van der Waals surface area contributed by atoms with Gasteiger partial charge in [-0.2, -0.15) is 13.2 Å². The zero-order chi connectivity index (χ0) is 28.4. The number of rotatable bonds is 6. The summed E-state index contributed by atoms with van der Waals surface area (Å²) >= 11 is 0. The highest BCUT2D eigenvalue weighted by atomic mass is 19.4. The molecule has 2 aliphatic heterocycles. The van der Waals surface area contributed by atoms with Gasteiger partial charge in [0, 0.05) is 19.3 Å². The smallest absolute Gasteiger partial charge is 0.416 e. The largest absolute Gasteiger partial charge is 0.507 e. The number of carbonyl (C=O) groups is 2. The molecule has 1 unspecified atom stereocenters. The number of ether oxygens (including phenoxy) is 2. The lowest BCUT2D eigenvalue weighted by Crippen LogP contribution is -2.42. The lowest BCUT2D eigenvalue weighted by Gasteiger charge is -2.35. The molecule has 2 aliphatic rings. The Balaban J connectivity index is 1.61. The van der Waals surface area contributed by atoms with Crippen molar-refractivity contribution in [3.05, 3.63) is 106 Å². The lowest BCUT2D eigenvalue weighted by molar-refractivity contribution is -0.142. The van der Waals surface area contributed by atoms with Crippen molar-refractivity contribution >= 4 is 17.4 Å². The standard InChI is InChI=1S/C30H25F4NO5/c31-21-10-11-24(40-17-18-4-2-1-3-5-18)23(16-21)27(36)25-26(19-6-8-20(9-7-19)30(32,33)34)35(29(38)28(25)37)22-12-14-39-15-13-22/h1-11,16,22,26,36H,12-15,17H2/b27-25+. The van der Waals surface area contributed by atoms with Gasteiger partial charge in [-0.1, -0.05) is 42.5 Å². The Bertz CT molecular complexity index is 1430. The van der Waals surface area contributed by atoms with E-state index < -0.39 is 47.1 Å². The van der Waals surface area contributed by atoms with E-state index in [9.17, 15) is 32.3 Å². The van der Waals surface area contributed by atoms with Crippen LogP contribution >= 0.6 is 0 Å². The molecule has 0 aliphatic carbocycles. The Morgan fingerprint density at radius 2 is 1.65 bits per heavy atom. The van der Waals surface area contributed by atoms with Gasteiger partial charge in [-0.05, 0) is 54.3 Å². The van der Waals surface area contributed by atoms with Crippen LogP contribution in [0.2, 0.25) is 0 Å². The average Bonchev–Trinajstić information content (AvgIpc) is 3.22. The molecule has 5 rings (SSSR count). The van der Waals surface area contributed by atoms with Gasteiger partial charge in [-0.15, -0.1) is 0 Å². The molecule has 0 bridgehead atoms. The van der Waals surface area contributed by atoms with Gasteiger partial charge in [0.1, 0.15) is 23.9 Å². The Morgan fingerprint density at radius 1 is 0.975 bits per heavy atom. The van der Waals surface area contributed by atoms with Crippen LogP contribution in [0.4, 0.5) is 17.6 Å². The van der Waals surface area contributed by atoms with Gasteiger partial charge in [0.25, 0.3) is 11.7 Å². The zero-order valence-electron chi connectivity index (χ0n) is 21.2. The third kappa shape index (κ3) is 5.44. The third-order valence-electron chi connectivity index (χ3n) is 7.05. The molecular weight excluding hydrogens is 530 g/mol. The number of alkyl halides is 3. The summed E-state index contributed by atoms with van der Waals surface area (Å²) in [6.45, 7) is 0.731. The second-order valence-electron chi connectivity index (χ2n) is 9.58. The molecule has 2 fully saturated rings.